The average molecular weight is 253 g/mol. The Morgan fingerprint density at radius 3 is 2.31 bits per heavy atom. The summed E-state index contributed by atoms with van der Waals surface area (Å²) in [4.78, 5) is 0. The smallest absolute Gasteiger partial charge is 0.147 e. The molecule has 0 saturated heterocycles. The van der Waals surface area contributed by atoms with E-state index in [1.165, 1.54) is 0 Å². The van der Waals surface area contributed by atoms with Crippen molar-refractivity contribution in [1.29, 1.82) is 0 Å². The summed E-state index contributed by atoms with van der Waals surface area (Å²) in [5.74, 6) is 1.36. The van der Waals surface area contributed by atoms with E-state index < -0.39 is 0 Å². The van der Waals surface area contributed by atoms with Gasteiger partial charge in [-0.05, 0) is 30.7 Å². The van der Waals surface area contributed by atoms with Crippen LogP contribution >= 0.6 is 23.2 Å². The van der Waals surface area contributed by atoms with Crippen LogP contribution in [0.5, 0.6) is 11.5 Å². The lowest BCUT2D eigenvalue weighted by Gasteiger charge is -2.10. The van der Waals surface area contributed by atoms with E-state index in [9.17, 15) is 0 Å². The van der Waals surface area contributed by atoms with Gasteiger partial charge in [-0.25, -0.2) is 0 Å². The van der Waals surface area contributed by atoms with Crippen LogP contribution in [-0.4, -0.2) is 0 Å². The van der Waals surface area contributed by atoms with E-state index in [1.54, 1.807) is 12.1 Å². The van der Waals surface area contributed by atoms with Crippen LogP contribution in [0.4, 0.5) is 0 Å². The molecule has 0 spiro atoms. The van der Waals surface area contributed by atoms with E-state index in [0.717, 1.165) is 11.3 Å². The zero-order valence-corrected chi connectivity index (χ0v) is 10.2. The Morgan fingerprint density at radius 1 is 0.875 bits per heavy atom. The lowest BCUT2D eigenvalue weighted by molar-refractivity contribution is 0.479. The fourth-order valence-corrected chi connectivity index (χ4v) is 1.68. The van der Waals surface area contributed by atoms with Gasteiger partial charge in [-0.2, -0.15) is 0 Å². The second kappa shape index (κ2) is 4.77. The maximum absolute atomic E-state index is 6.04. The highest BCUT2D eigenvalue weighted by Crippen LogP contribution is 2.35. The molecular weight excluding hydrogens is 243 g/mol. The van der Waals surface area contributed by atoms with Gasteiger partial charge in [0.25, 0.3) is 0 Å². The molecule has 0 unspecified atom stereocenters. The summed E-state index contributed by atoms with van der Waals surface area (Å²) in [6, 6.07) is 13.1. The van der Waals surface area contributed by atoms with Crippen molar-refractivity contribution in [3.05, 3.63) is 58.1 Å². The third-order valence-corrected chi connectivity index (χ3v) is 3.03. The third kappa shape index (κ3) is 2.31. The molecule has 1 nitrogen and oxygen atoms in total. The Bertz CT molecular complexity index is 509. The number of aryl methyl sites for hydroxylation is 1. The zero-order valence-electron chi connectivity index (χ0n) is 8.71. The van der Waals surface area contributed by atoms with Gasteiger partial charge >= 0.3 is 0 Å². The van der Waals surface area contributed by atoms with E-state index in [0.29, 0.717) is 15.8 Å². The Morgan fingerprint density at radius 2 is 1.56 bits per heavy atom. The van der Waals surface area contributed by atoms with Gasteiger partial charge in [-0.1, -0.05) is 47.5 Å². The van der Waals surface area contributed by atoms with Crippen LogP contribution in [0, 0.1) is 6.92 Å². The van der Waals surface area contributed by atoms with Gasteiger partial charge < -0.3 is 4.74 Å². The molecule has 0 N–H and O–H groups in total. The molecule has 0 aromatic heterocycles. The molecule has 0 atom stereocenters. The van der Waals surface area contributed by atoms with Crippen molar-refractivity contribution in [1.82, 2.24) is 0 Å². The first-order chi connectivity index (χ1) is 7.68. The highest BCUT2D eigenvalue weighted by molar-refractivity contribution is 6.42. The number of hydrogen-bond donors (Lipinski definition) is 0. The van der Waals surface area contributed by atoms with Gasteiger partial charge in [0.05, 0.1) is 5.02 Å². The van der Waals surface area contributed by atoms with Crippen molar-refractivity contribution in [3.8, 4) is 11.5 Å². The molecular formula is C13H10Cl2O. The Balaban J connectivity index is 2.35. The average Bonchev–Trinajstić information content (AvgIpc) is 2.28. The predicted octanol–water partition coefficient (Wildman–Crippen LogP) is 5.09. The minimum absolute atomic E-state index is 0.437. The van der Waals surface area contributed by atoms with Crippen molar-refractivity contribution in [2.24, 2.45) is 0 Å². The van der Waals surface area contributed by atoms with E-state index in [-0.39, 0.29) is 0 Å². The molecule has 16 heavy (non-hydrogen) atoms. The van der Waals surface area contributed by atoms with Gasteiger partial charge in [0, 0.05) is 0 Å². The Hall–Kier alpha value is -1.18. The fraction of sp³-hybridized carbons (Fsp3) is 0.0769. The molecule has 3 heteroatoms. The summed E-state index contributed by atoms with van der Waals surface area (Å²) in [5, 5.41) is 0.931. The van der Waals surface area contributed by atoms with Gasteiger partial charge in [0.1, 0.15) is 16.5 Å². The molecule has 0 fully saturated rings. The summed E-state index contributed by atoms with van der Waals surface area (Å²) >= 11 is 11.9. The highest BCUT2D eigenvalue weighted by atomic mass is 35.5. The van der Waals surface area contributed by atoms with E-state index in [1.807, 2.05) is 37.3 Å². The standard InChI is InChI=1S/C13H10Cl2O/c1-9-5-2-3-7-11(9)16-12-8-4-6-10(14)13(12)15/h2-8H,1H3. The van der Waals surface area contributed by atoms with E-state index >= 15 is 0 Å². The fourth-order valence-electron chi connectivity index (χ4n) is 1.35. The second-order valence-electron chi connectivity index (χ2n) is 3.42. The normalized spacial score (nSPS) is 10.2. The number of hydrogen-bond acceptors (Lipinski definition) is 1. The molecule has 0 aliphatic heterocycles. The SMILES string of the molecule is Cc1ccccc1Oc1cccc(Cl)c1Cl. The Kier molecular flexibility index (Phi) is 3.37. The van der Waals surface area contributed by atoms with Crippen LogP contribution in [0.1, 0.15) is 5.56 Å². The van der Waals surface area contributed by atoms with Crippen LogP contribution in [0.3, 0.4) is 0 Å². The third-order valence-electron chi connectivity index (χ3n) is 2.23. The van der Waals surface area contributed by atoms with Crippen LogP contribution in [0.15, 0.2) is 42.5 Å². The predicted molar refractivity (Wildman–Crippen MR) is 67.7 cm³/mol. The van der Waals surface area contributed by atoms with Gasteiger partial charge in [-0.3, -0.25) is 0 Å². The van der Waals surface area contributed by atoms with Gasteiger partial charge in [0.15, 0.2) is 0 Å². The number of benzene rings is 2. The number of halogens is 2. The van der Waals surface area contributed by atoms with Crippen molar-refractivity contribution < 1.29 is 4.74 Å². The molecule has 2 rings (SSSR count). The van der Waals surface area contributed by atoms with E-state index in [4.69, 9.17) is 27.9 Å². The molecule has 2 aromatic rings. The topological polar surface area (TPSA) is 9.23 Å². The summed E-state index contributed by atoms with van der Waals surface area (Å²) in [6.45, 7) is 1.98. The molecule has 82 valence electrons. The van der Waals surface area contributed by atoms with Crippen molar-refractivity contribution >= 4 is 23.2 Å². The number of rotatable bonds is 2. The summed E-state index contributed by atoms with van der Waals surface area (Å²) in [5.41, 5.74) is 1.05. The van der Waals surface area contributed by atoms with Crippen LogP contribution in [-0.2, 0) is 0 Å². The summed E-state index contributed by atoms with van der Waals surface area (Å²) in [6.07, 6.45) is 0. The Labute approximate surface area is 105 Å². The molecule has 2 aromatic carbocycles. The lowest BCUT2D eigenvalue weighted by Crippen LogP contribution is -1.88. The maximum Gasteiger partial charge on any atom is 0.147 e. The van der Waals surface area contributed by atoms with Crippen molar-refractivity contribution in [2.45, 2.75) is 6.92 Å². The first-order valence-electron chi connectivity index (χ1n) is 4.86. The van der Waals surface area contributed by atoms with Crippen LogP contribution < -0.4 is 4.74 Å². The van der Waals surface area contributed by atoms with Crippen LogP contribution in [0.25, 0.3) is 0 Å². The summed E-state index contributed by atoms with van der Waals surface area (Å²) < 4.78 is 5.70. The van der Waals surface area contributed by atoms with Crippen LogP contribution in [0.2, 0.25) is 10.0 Å². The van der Waals surface area contributed by atoms with Crippen molar-refractivity contribution in [3.63, 3.8) is 0 Å². The summed E-state index contributed by atoms with van der Waals surface area (Å²) in [7, 11) is 0. The molecule has 0 bridgehead atoms. The van der Waals surface area contributed by atoms with Crippen molar-refractivity contribution in [2.75, 3.05) is 0 Å². The molecule has 0 aliphatic rings. The van der Waals surface area contributed by atoms with E-state index in [2.05, 4.69) is 0 Å². The maximum atomic E-state index is 6.04. The zero-order chi connectivity index (χ0) is 11.5. The monoisotopic (exact) mass is 252 g/mol. The minimum Gasteiger partial charge on any atom is -0.455 e. The molecule has 0 saturated carbocycles. The highest BCUT2D eigenvalue weighted by Gasteiger charge is 2.07. The molecule has 0 radical (unpaired) electrons. The van der Waals surface area contributed by atoms with Gasteiger partial charge in [-0.15, -0.1) is 0 Å². The number of para-hydroxylation sites is 1. The minimum atomic E-state index is 0.437. The molecule has 0 heterocycles. The molecule has 0 aliphatic carbocycles. The first-order valence-corrected chi connectivity index (χ1v) is 5.61. The largest absolute Gasteiger partial charge is 0.455 e. The van der Waals surface area contributed by atoms with Gasteiger partial charge in [0.2, 0.25) is 0 Å². The number of ether oxygens (including phenoxy) is 1. The first kappa shape index (κ1) is 11.3. The second-order valence-corrected chi connectivity index (χ2v) is 4.20. The quantitative estimate of drug-likeness (QED) is 0.723. The molecule has 0 amide bonds. The lowest BCUT2D eigenvalue weighted by atomic mass is 10.2.